The smallest absolute Gasteiger partial charge is 0.272 e. The molecule has 0 saturated heterocycles. The van der Waals surface area contributed by atoms with Crippen molar-refractivity contribution in [3.05, 3.63) is 125 Å². The van der Waals surface area contributed by atoms with E-state index in [0.29, 0.717) is 39.9 Å². The van der Waals surface area contributed by atoms with Crippen molar-refractivity contribution < 1.29 is 19.1 Å². The molecule has 4 aromatic rings. The molecular formula is C32H28ClN3O4S. The minimum Gasteiger partial charge on any atom is -0.493 e. The zero-order chi connectivity index (χ0) is 29.0. The average Bonchev–Trinajstić information content (AvgIpc) is 2.98. The Balaban J connectivity index is 1.44. The van der Waals surface area contributed by atoms with Crippen LogP contribution in [0.4, 0.5) is 11.4 Å². The monoisotopic (exact) mass is 585 g/mol. The summed E-state index contributed by atoms with van der Waals surface area (Å²) in [6.07, 6.45) is 1.59. The first-order chi connectivity index (χ1) is 19.9. The number of para-hydroxylation sites is 1. The molecule has 0 aromatic heterocycles. The van der Waals surface area contributed by atoms with Crippen molar-refractivity contribution in [2.75, 3.05) is 23.0 Å². The van der Waals surface area contributed by atoms with Gasteiger partial charge in [0.05, 0.1) is 12.4 Å². The van der Waals surface area contributed by atoms with Crippen LogP contribution >= 0.6 is 23.4 Å². The molecule has 0 aliphatic heterocycles. The first-order valence-corrected chi connectivity index (χ1v) is 14.2. The number of halogens is 1. The third-order valence-electron chi connectivity index (χ3n) is 5.64. The van der Waals surface area contributed by atoms with Gasteiger partial charge < -0.3 is 20.7 Å². The molecule has 0 fully saturated rings. The molecule has 0 bridgehead atoms. The molecule has 3 N–H and O–H groups in total. The SMILES string of the molecule is CCOc1ccccc1/C=C(\NC(=O)c1ccccc1)C(=O)Nc1ccc(SCC(=O)Nc2cccc(Cl)c2)cc1. The Kier molecular flexibility index (Phi) is 10.6. The molecule has 0 saturated carbocycles. The van der Waals surface area contributed by atoms with Crippen molar-refractivity contribution >= 4 is 58.5 Å². The van der Waals surface area contributed by atoms with Crippen LogP contribution in [-0.4, -0.2) is 30.1 Å². The van der Waals surface area contributed by atoms with E-state index in [1.165, 1.54) is 11.8 Å². The lowest BCUT2D eigenvalue weighted by Gasteiger charge is -2.13. The number of carbonyl (C=O) groups is 3. The van der Waals surface area contributed by atoms with Crippen molar-refractivity contribution in [1.82, 2.24) is 5.32 Å². The first kappa shape index (κ1) is 29.5. The second-order valence-electron chi connectivity index (χ2n) is 8.67. The zero-order valence-corrected chi connectivity index (χ0v) is 23.8. The van der Waals surface area contributed by atoms with Gasteiger partial charge in [0.2, 0.25) is 5.91 Å². The maximum atomic E-state index is 13.3. The van der Waals surface area contributed by atoms with Crippen molar-refractivity contribution in [2.45, 2.75) is 11.8 Å². The Morgan fingerprint density at radius 1 is 0.829 bits per heavy atom. The van der Waals surface area contributed by atoms with Gasteiger partial charge in [-0.1, -0.05) is 54.1 Å². The van der Waals surface area contributed by atoms with Gasteiger partial charge in [-0.2, -0.15) is 0 Å². The van der Waals surface area contributed by atoms with Gasteiger partial charge in [-0.05, 0) is 73.7 Å². The molecule has 4 rings (SSSR count). The minimum atomic E-state index is -0.498. The Bertz CT molecular complexity index is 1540. The lowest BCUT2D eigenvalue weighted by Crippen LogP contribution is -2.30. The van der Waals surface area contributed by atoms with E-state index in [2.05, 4.69) is 16.0 Å². The van der Waals surface area contributed by atoms with E-state index in [-0.39, 0.29) is 17.4 Å². The van der Waals surface area contributed by atoms with Gasteiger partial charge in [0.25, 0.3) is 11.8 Å². The number of nitrogens with one attached hydrogen (secondary N) is 3. The average molecular weight is 586 g/mol. The molecular weight excluding hydrogens is 558 g/mol. The highest BCUT2D eigenvalue weighted by Gasteiger charge is 2.16. The normalized spacial score (nSPS) is 10.9. The van der Waals surface area contributed by atoms with E-state index in [0.717, 1.165) is 4.90 Å². The van der Waals surface area contributed by atoms with Gasteiger partial charge in [0, 0.05) is 32.4 Å². The number of ether oxygens (including phenoxy) is 1. The van der Waals surface area contributed by atoms with Crippen LogP contribution in [0.3, 0.4) is 0 Å². The molecule has 7 nitrogen and oxygen atoms in total. The topological polar surface area (TPSA) is 96.5 Å². The highest BCUT2D eigenvalue weighted by molar-refractivity contribution is 8.00. The van der Waals surface area contributed by atoms with Gasteiger partial charge >= 0.3 is 0 Å². The minimum absolute atomic E-state index is 0.0575. The quantitative estimate of drug-likeness (QED) is 0.132. The van der Waals surface area contributed by atoms with E-state index in [1.807, 2.05) is 43.3 Å². The Morgan fingerprint density at radius 2 is 1.56 bits per heavy atom. The fourth-order valence-corrected chi connectivity index (χ4v) is 4.62. The fraction of sp³-hybridized carbons (Fsp3) is 0.0938. The van der Waals surface area contributed by atoms with Crippen LogP contribution in [0.15, 0.2) is 114 Å². The summed E-state index contributed by atoms with van der Waals surface area (Å²) in [7, 11) is 0. The number of amides is 3. The second kappa shape index (κ2) is 14.7. The summed E-state index contributed by atoms with van der Waals surface area (Å²) in [5.41, 5.74) is 2.29. The summed E-state index contributed by atoms with van der Waals surface area (Å²) in [5, 5.41) is 8.93. The van der Waals surface area contributed by atoms with Crippen LogP contribution in [0.5, 0.6) is 5.75 Å². The molecule has 0 spiro atoms. The molecule has 208 valence electrons. The summed E-state index contributed by atoms with van der Waals surface area (Å²) in [6.45, 7) is 2.33. The summed E-state index contributed by atoms with van der Waals surface area (Å²) in [6, 6.07) is 30.0. The van der Waals surface area contributed by atoms with E-state index in [9.17, 15) is 14.4 Å². The van der Waals surface area contributed by atoms with Crippen molar-refractivity contribution in [3.63, 3.8) is 0 Å². The number of hydrogen-bond donors (Lipinski definition) is 3. The van der Waals surface area contributed by atoms with Crippen molar-refractivity contribution in [1.29, 1.82) is 0 Å². The largest absolute Gasteiger partial charge is 0.493 e. The molecule has 3 amide bonds. The lowest BCUT2D eigenvalue weighted by atomic mass is 10.1. The molecule has 41 heavy (non-hydrogen) atoms. The third kappa shape index (κ3) is 8.99. The standard InChI is InChI=1S/C32H28ClN3O4S/c1-2-40-29-14-7-6-11-23(29)19-28(36-31(38)22-9-4-3-5-10-22)32(39)35-25-15-17-27(18-16-25)41-21-30(37)34-26-13-8-12-24(33)20-26/h3-20H,2,21H2,1H3,(H,34,37)(H,35,39)(H,36,38)/b28-19-. The molecule has 0 heterocycles. The molecule has 0 unspecified atom stereocenters. The van der Waals surface area contributed by atoms with E-state index < -0.39 is 11.8 Å². The van der Waals surface area contributed by atoms with Gasteiger partial charge in [-0.3, -0.25) is 14.4 Å². The molecule has 4 aromatic carbocycles. The Hall–Kier alpha value is -4.53. The molecule has 9 heteroatoms. The number of carbonyl (C=O) groups excluding carboxylic acids is 3. The van der Waals surface area contributed by atoms with Gasteiger partial charge in [0.15, 0.2) is 0 Å². The fourth-order valence-electron chi connectivity index (χ4n) is 3.73. The Labute approximate surface area is 248 Å². The van der Waals surface area contributed by atoms with Crippen molar-refractivity contribution in [3.8, 4) is 5.75 Å². The molecule has 0 aliphatic carbocycles. The van der Waals surface area contributed by atoms with Gasteiger partial charge in [-0.25, -0.2) is 0 Å². The first-order valence-electron chi connectivity index (χ1n) is 12.8. The van der Waals surface area contributed by atoms with Crippen molar-refractivity contribution in [2.24, 2.45) is 0 Å². The number of hydrogen-bond acceptors (Lipinski definition) is 5. The molecule has 0 atom stereocenters. The summed E-state index contributed by atoms with van der Waals surface area (Å²) < 4.78 is 5.69. The summed E-state index contributed by atoms with van der Waals surface area (Å²) in [5.74, 6) is -0.276. The second-order valence-corrected chi connectivity index (χ2v) is 10.2. The van der Waals surface area contributed by atoms with Crippen LogP contribution in [0.2, 0.25) is 5.02 Å². The van der Waals surface area contributed by atoms with Gasteiger partial charge in [0.1, 0.15) is 11.4 Å². The number of anilines is 2. The van der Waals surface area contributed by atoms with Crippen LogP contribution in [0, 0.1) is 0 Å². The third-order valence-corrected chi connectivity index (χ3v) is 6.89. The maximum Gasteiger partial charge on any atom is 0.272 e. The predicted octanol–water partition coefficient (Wildman–Crippen LogP) is 6.88. The molecule has 0 aliphatic rings. The van der Waals surface area contributed by atoms with Crippen LogP contribution < -0.4 is 20.7 Å². The van der Waals surface area contributed by atoms with Gasteiger partial charge in [-0.15, -0.1) is 11.8 Å². The van der Waals surface area contributed by atoms with Crippen LogP contribution in [0.1, 0.15) is 22.8 Å². The predicted molar refractivity (Wildman–Crippen MR) is 165 cm³/mol. The maximum absolute atomic E-state index is 13.3. The highest BCUT2D eigenvalue weighted by atomic mass is 35.5. The van der Waals surface area contributed by atoms with Crippen LogP contribution in [-0.2, 0) is 9.59 Å². The zero-order valence-electron chi connectivity index (χ0n) is 22.2. The lowest BCUT2D eigenvalue weighted by molar-refractivity contribution is -0.114. The Morgan fingerprint density at radius 3 is 2.29 bits per heavy atom. The summed E-state index contributed by atoms with van der Waals surface area (Å²) >= 11 is 7.33. The number of rotatable bonds is 11. The number of benzene rings is 4. The van der Waals surface area contributed by atoms with Crippen LogP contribution in [0.25, 0.3) is 6.08 Å². The summed E-state index contributed by atoms with van der Waals surface area (Å²) in [4.78, 5) is 39.4. The highest BCUT2D eigenvalue weighted by Crippen LogP contribution is 2.23. The van der Waals surface area contributed by atoms with E-state index >= 15 is 0 Å². The van der Waals surface area contributed by atoms with E-state index in [1.54, 1.807) is 72.8 Å². The molecule has 0 radical (unpaired) electrons. The number of thioether (sulfide) groups is 1. The van der Waals surface area contributed by atoms with E-state index in [4.69, 9.17) is 16.3 Å².